The van der Waals surface area contributed by atoms with Gasteiger partial charge in [0.2, 0.25) is 5.91 Å². The van der Waals surface area contributed by atoms with E-state index in [1.807, 2.05) is 30.3 Å². The van der Waals surface area contributed by atoms with E-state index in [1.54, 1.807) is 7.11 Å². The number of carbonyl (C=O) groups excluding carboxylic acids is 2. The topological polar surface area (TPSA) is 81.2 Å². The zero-order valence-corrected chi connectivity index (χ0v) is 21.1. The number of nitrogens with zero attached hydrogens (tertiary/aromatic N) is 2. The lowest BCUT2D eigenvalue weighted by atomic mass is 9.77. The van der Waals surface area contributed by atoms with E-state index in [1.165, 1.54) is 22.5 Å². The van der Waals surface area contributed by atoms with E-state index in [2.05, 4.69) is 39.8 Å². The molecule has 1 amide bonds. The Kier molecular flexibility index (Phi) is 9.15. The molecule has 6 nitrogen and oxygen atoms in total. The summed E-state index contributed by atoms with van der Waals surface area (Å²) in [6.07, 6.45) is 5.90. The van der Waals surface area contributed by atoms with Gasteiger partial charge in [-0.3, -0.25) is 9.59 Å². The van der Waals surface area contributed by atoms with Gasteiger partial charge in [-0.05, 0) is 48.6 Å². The van der Waals surface area contributed by atoms with Gasteiger partial charge in [-0.1, -0.05) is 54.6 Å². The van der Waals surface area contributed by atoms with Crippen LogP contribution in [0.5, 0.6) is 0 Å². The van der Waals surface area contributed by atoms with Gasteiger partial charge in [-0.15, -0.1) is 21.5 Å². The van der Waals surface area contributed by atoms with Crippen molar-refractivity contribution in [3.63, 3.8) is 0 Å². The summed E-state index contributed by atoms with van der Waals surface area (Å²) in [5, 5.41) is 13.1. The number of benzene rings is 2. The third-order valence-corrected chi connectivity index (χ3v) is 7.60. The lowest BCUT2D eigenvalue weighted by molar-refractivity contribution is -0.122. The minimum atomic E-state index is 0.0714. The molecular weight excluding hydrogens is 458 g/mol. The molecule has 7 heteroatoms. The molecule has 0 bridgehead atoms. The smallest absolute Gasteiger partial charge is 0.220 e. The first kappa shape index (κ1) is 25.2. The number of aromatic nitrogens is 2. The molecule has 0 aliphatic heterocycles. The Hall–Kier alpha value is -2.90. The number of hydrogen-bond acceptors (Lipinski definition) is 6. The van der Waals surface area contributed by atoms with Gasteiger partial charge >= 0.3 is 0 Å². The molecule has 2 aromatic carbocycles. The van der Waals surface area contributed by atoms with Gasteiger partial charge in [0.25, 0.3) is 0 Å². The first-order valence-corrected chi connectivity index (χ1v) is 13.2. The zero-order valence-electron chi connectivity index (χ0n) is 20.2. The molecule has 1 aliphatic rings. The van der Waals surface area contributed by atoms with E-state index in [-0.39, 0.29) is 18.1 Å². The number of Topliss-reactive ketones (excluding diaryl/α,β-unsaturated/α-hetero) is 1. The first-order chi connectivity index (χ1) is 17.1. The Balaban J connectivity index is 1.24. The molecule has 184 valence electrons. The lowest BCUT2D eigenvalue weighted by Gasteiger charge is -2.28. The summed E-state index contributed by atoms with van der Waals surface area (Å²) >= 11 is 1.51. The Morgan fingerprint density at radius 3 is 2.40 bits per heavy atom. The molecule has 35 heavy (non-hydrogen) atoms. The number of amides is 1. The van der Waals surface area contributed by atoms with E-state index in [4.69, 9.17) is 4.74 Å². The second-order valence-corrected chi connectivity index (χ2v) is 10.4. The van der Waals surface area contributed by atoms with Crippen molar-refractivity contribution in [2.75, 3.05) is 20.3 Å². The minimum absolute atomic E-state index is 0.0714. The Bertz CT molecular complexity index is 1090. The molecule has 1 aromatic heterocycles. The Labute approximate surface area is 211 Å². The van der Waals surface area contributed by atoms with E-state index in [9.17, 15) is 9.59 Å². The molecular formula is C28H33N3O3S. The van der Waals surface area contributed by atoms with Crippen LogP contribution in [0.1, 0.15) is 69.5 Å². The normalized spacial score (nSPS) is 17.7. The Morgan fingerprint density at radius 1 is 0.971 bits per heavy atom. The minimum Gasteiger partial charge on any atom is -0.383 e. The van der Waals surface area contributed by atoms with Crippen LogP contribution in [0.15, 0.2) is 54.6 Å². The maximum absolute atomic E-state index is 12.8. The largest absolute Gasteiger partial charge is 0.383 e. The third-order valence-electron chi connectivity index (χ3n) is 6.67. The number of carbonyl (C=O) groups is 2. The number of nitrogens with one attached hydrogen (secondary N) is 1. The van der Waals surface area contributed by atoms with Crippen LogP contribution >= 0.6 is 11.3 Å². The molecule has 0 atom stereocenters. The highest BCUT2D eigenvalue weighted by atomic mass is 32.1. The van der Waals surface area contributed by atoms with Crippen molar-refractivity contribution in [1.82, 2.24) is 15.5 Å². The Morgan fingerprint density at radius 2 is 1.69 bits per heavy atom. The van der Waals surface area contributed by atoms with Gasteiger partial charge in [-0.25, -0.2) is 0 Å². The molecule has 0 spiro atoms. The van der Waals surface area contributed by atoms with Crippen LogP contribution in [0.4, 0.5) is 0 Å². The van der Waals surface area contributed by atoms with Crippen LogP contribution in [0.25, 0.3) is 0 Å². The summed E-state index contributed by atoms with van der Waals surface area (Å²) in [5.41, 5.74) is 3.19. The quantitative estimate of drug-likeness (QED) is 0.302. The van der Waals surface area contributed by atoms with Crippen molar-refractivity contribution in [2.24, 2.45) is 5.92 Å². The fraction of sp³-hybridized carbons (Fsp3) is 0.429. The maximum atomic E-state index is 12.8. The van der Waals surface area contributed by atoms with Gasteiger partial charge in [0.15, 0.2) is 5.78 Å². The van der Waals surface area contributed by atoms with Crippen molar-refractivity contribution in [1.29, 1.82) is 0 Å². The molecule has 1 N–H and O–H groups in total. The van der Waals surface area contributed by atoms with Crippen LogP contribution in [0, 0.1) is 5.92 Å². The van der Waals surface area contributed by atoms with Crippen molar-refractivity contribution in [3.8, 4) is 0 Å². The monoisotopic (exact) mass is 491 g/mol. The average molecular weight is 492 g/mol. The molecule has 0 unspecified atom stereocenters. The second kappa shape index (κ2) is 12.7. The summed E-state index contributed by atoms with van der Waals surface area (Å²) in [5.74, 6) is 1.14. The predicted molar refractivity (Wildman–Crippen MR) is 138 cm³/mol. The molecule has 4 rings (SSSR count). The number of ketones is 1. The fourth-order valence-corrected chi connectivity index (χ4v) is 5.59. The average Bonchev–Trinajstić information content (AvgIpc) is 3.32. The number of methoxy groups -OCH3 is 1. The summed E-state index contributed by atoms with van der Waals surface area (Å²) in [7, 11) is 1.64. The van der Waals surface area contributed by atoms with E-state index in [0.717, 1.165) is 47.7 Å². The SMILES string of the molecule is COCCNC(=O)CC1CCC(c2ccc(C(=O)Cc3nnc(Cc4ccccc4)s3)cc2)CC1. The van der Waals surface area contributed by atoms with Crippen molar-refractivity contribution >= 4 is 23.0 Å². The summed E-state index contributed by atoms with van der Waals surface area (Å²) in [4.78, 5) is 24.8. The first-order valence-electron chi connectivity index (χ1n) is 12.3. The van der Waals surface area contributed by atoms with Crippen LogP contribution in [-0.4, -0.2) is 42.1 Å². The predicted octanol–water partition coefficient (Wildman–Crippen LogP) is 4.98. The van der Waals surface area contributed by atoms with Gasteiger partial charge in [0, 0.05) is 32.1 Å². The molecule has 3 aromatic rings. The van der Waals surface area contributed by atoms with Crippen LogP contribution in [-0.2, 0) is 22.4 Å². The van der Waals surface area contributed by atoms with Crippen LogP contribution in [0.3, 0.4) is 0 Å². The summed E-state index contributed by atoms with van der Waals surface area (Å²) < 4.78 is 4.98. The van der Waals surface area contributed by atoms with Gasteiger partial charge < -0.3 is 10.1 Å². The van der Waals surface area contributed by atoms with Crippen molar-refractivity contribution in [3.05, 3.63) is 81.3 Å². The van der Waals surface area contributed by atoms with E-state index >= 15 is 0 Å². The zero-order chi connectivity index (χ0) is 24.5. The highest BCUT2D eigenvalue weighted by Gasteiger charge is 2.24. The molecule has 1 aliphatic carbocycles. The van der Waals surface area contributed by atoms with Crippen molar-refractivity contribution < 1.29 is 14.3 Å². The fourth-order valence-electron chi connectivity index (χ4n) is 4.71. The number of ether oxygens (including phenoxy) is 1. The van der Waals surface area contributed by atoms with Gasteiger partial charge in [-0.2, -0.15) is 0 Å². The molecule has 1 fully saturated rings. The molecule has 0 radical (unpaired) electrons. The lowest BCUT2D eigenvalue weighted by Crippen LogP contribution is -2.29. The molecule has 0 saturated heterocycles. The molecule has 1 saturated carbocycles. The van der Waals surface area contributed by atoms with Crippen molar-refractivity contribution in [2.45, 2.75) is 50.9 Å². The van der Waals surface area contributed by atoms with Crippen LogP contribution in [0.2, 0.25) is 0 Å². The maximum Gasteiger partial charge on any atom is 0.220 e. The van der Waals surface area contributed by atoms with E-state index in [0.29, 0.717) is 31.4 Å². The number of hydrogen-bond donors (Lipinski definition) is 1. The van der Waals surface area contributed by atoms with Crippen LogP contribution < -0.4 is 5.32 Å². The van der Waals surface area contributed by atoms with Gasteiger partial charge in [0.1, 0.15) is 10.0 Å². The standard InChI is InChI=1S/C28H33N3O3S/c1-34-16-15-29-26(33)17-21-7-9-22(10-8-21)23-11-13-24(14-12-23)25(32)19-28-31-30-27(35-28)18-20-5-3-2-4-6-20/h2-6,11-14,21-22H,7-10,15-19H2,1H3,(H,29,33). The van der Waals surface area contributed by atoms with Gasteiger partial charge in [0.05, 0.1) is 13.0 Å². The highest BCUT2D eigenvalue weighted by Crippen LogP contribution is 2.37. The third kappa shape index (κ3) is 7.54. The molecule has 1 heterocycles. The van der Waals surface area contributed by atoms with E-state index < -0.39 is 0 Å². The highest BCUT2D eigenvalue weighted by molar-refractivity contribution is 7.11. The number of rotatable bonds is 11. The summed E-state index contributed by atoms with van der Waals surface area (Å²) in [6.45, 7) is 1.12. The second-order valence-electron chi connectivity index (χ2n) is 9.24. The summed E-state index contributed by atoms with van der Waals surface area (Å²) in [6, 6.07) is 18.2.